The van der Waals surface area contributed by atoms with Crippen LogP contribution in [0.1, 0.15) is 30.8 Å². The molecule has 0 saturated carbocycles. The molecule has 0 aliphatic carbocycles. The summed E-state index contributed by atoms with van der Waals surface area (Å²) in [5.74, 6) is 0.422. The smallest absolute Gasteiger partial charge is 0.271 e. The van der Waals surface area contributed by atoms with Gasteiger partial charge in [0.05, 0.1) is 5.02 Å². The Labute approximate surface area is 125 Å². The van der Waals surface area contributed by atoms with Gasteiger partial charge in [0.25, 0.3) is 5.91 Å². The van der Waals surface area contributed by atoms with Gasteiger partial charge in [0.15, 0.2) is 0 Å². The molecule has 0 aliphatic rings. The highest BCUT2D eigenvalue weighted by Gasteiger charge is 2.15. The molecule has 0 radical (unpaired) electrons. The molecule has 20 heavy (non-hydrogen) atoms. The fraction of sp³-hybridized carbons (Fsp3) is 0.571. The van der Waals surface area contributed by atoms with Crippen LogP contribution in [0.3, 0.4) is 0 Å². The first-order valence-electron chi connectivity index (χ1n) is 6.80. The normalized spacial score (nSPS) is 12.3. The van der Waals surface area contributed by atoms with Crippen molar-refractivity contribution in [3.63, 3.8) is 0 Å². The lowest BCUT2D eigenvalue weighted by Gasteiger charge is -2.18. The predicted octanol–water partition coefficient (Wildman–Crippen LogP) is 2.24. The molecule has 1 rings (SSSR count). The van der Waals surface area contributed by atoms with E-state index >= 15 is 0 Å². The number of halogens is 1. The van der Waals surface area contributed by atoms with E-state index in [0.29, 0.717) is 10.8 Å². The lowest BCUT2D eigenvalue weighted by atomic mass is 10.2. The zero-order chi connectivity index (χ0) is 15.1. The molecule has 1 atom stereocenters. The van der Waals surface area contributed by atoms with E-state index in [1.807, 2.05) is 25.9 Å². The minimum atomic E-state index is -0.246. The van der Waals surface area contributed by atoms with E-state index < -0.39 is 0 Å². The van der Waals surface area contributed by atoms with Crippen LogP contribution in [0.15, 0.2) is 12.1 Å². The predicted molar refractivity (Wildman–Crippen MR) is 83.5 cm³/mol. The van der Waals surface area contributed by atoms with Gasteiger partial charge in [-0.2, -0.15) is 0 Å². The number of rotatable bonds is 7. The Bertz CT molecular complexity index is 451. The molecule has 5 nitrogen and oxygen atoms in total. The van der Waals surface area contributed by atoms with Crippen molar-refractivity contribution in [3.8, 4) is 0 Å². The lowest BCUT2D eigenvalue weighted by molar-refractivity contribution is 0.0929. The van der Waals surface area contributed by atoms with Crippen molar-refractivity contribution in [2.75, 3.05) is 32.5 Å². The van der Waals surface area contributed by atoms with Gasteiger partial charge in [0.1, 0.15) is 11.5 Å². The molecule has 1 amide bonds. The van der Waals surface area contributed by atoms with Gasteiger partial charge in [0, 0.05) is 19.1 Å². The van der Waals surface area contributed by atoms with Crippen LogP contribution in [0.2, 0.25) is 5.02 Å². The number of pyridine rings is 1. The molecule has 0 spiro atoms. The van der Waals surface area contributed by atoms with Crippen LogP contribution >= 0.6 is 11.6 Å². The molecule has 1 heterocycles. The number of nitrogens with one attached hydrogen (secondary N) is 2. The summed E-state index contributed by atoms with van der Waals surface area (Å²) in [6.07, 6.45) is 0.992. The molecule has 0 aromatic carbocycles. The maximum absolute atomic E-state index is 12.2. The second-order valence-corrected chi connectivity index (χ2v) is 5.50. The summed E-state index contributed by atoms with van der Waals surface area (Å²) in [5.41, 5.74) is 0.262. The van der Waals surface area contributed by atoms with Crippen LogP contribution in [0.5, 0.6) is 0 Å². The van der Waals surface area contributed by atoms with E-state index in [-0.39, 0.29) is 17.6 Å². The third kappa shape index (κ3) is 5.35. The highest BCUT2D eigenvalue weighted by atomic mass is 35.5. The largest absolute Gasteiger partial charge is 0.370 e. The number of anilines is 1. The number of hydrogen-bond donors (Lipinski definition) is 2. The standard InChI is InChI=1S/C14H23ClN4O/c1-5-8-16-12-7-6-11(15)13(18-12)14(20)17-10(2)9-19(3)4/h6-7,10H,5,8-9H2,1-4H3,(H,16,18)(H,17,20). The number of aromatic nitrogens is 1. The Morgan fingerprint density at radius 2 is 2.15 bits per heavy atom. The van der Waals surface area contributed by atoms with Crippen LogP contribution < -0.4 is 10.6 Å². The minimum Gasteiger partial charge on any atom is -0.370 e. The Hall–Kier alpha value is -1.33. The van der Waals surface area contributed by atoms with Crippen molar-refractivity contribution < 1.29 is 4.79 Å². The Balaban J connectivity index is 2.75. The number of amides is 1. The highest BCUT2D eigenvalue weighted by Crippen LogP contribution is 2.16. The van der Waals surface area contributed by atoms with Crippen LogP contribution in [-0.4, -0.2) is 49.0 Å². The van der Waals surface area contributed by atoms with E-state index in [1.165, 1.54) is 0 Å². The van der Waals surface area contributed by atoms with Crippen molar-refractivity contribution in [2.45, 2.75) is 26.3 Å². The molecule has 112 valence electrons. The Morgan fingerprint density at radius 1 is 1.45 bits per heavy atom. The summed E-state index contributed by atoms with van der Waals surface area (Å²) >= 11 is 6.05. The van der Waals surface area contributed by atoms with E-state index in [4.69, 9.17) is 11.6 Å². The van der Waals surface area contributed by atoms with Crippen molar-refractivity contribution in [1.29, 1.82) is 0 Å². The molecule has 0 bridgehead atoms. The Morgan fingerprint density at radius 3 is 2.75 bits per heavy atom. The fourth-order valence-corrected chi connectivity index (χ4v) is 2.03. The van der Waals surface area contributed by atoms with Gasteiger partial charge in [-0.05, 0) is 39.6 Å². The third-order valence-electron chi connectivity index (χ3n) is 2.63. The van der Waals surface area contributed by atoms with E-state index in [0.717, 1.165) is 19.5 Å². The zero-order valence-electron chi connectivity index (χ0n) is 12.5. The molecular formula is C14H23ClN4O. The van der Waals surface area contributed by atoms with Crippen LogP contribution in [0, 0.1) is 0 Å². The summed E-state index contributed by atoms with van der Waals surface area (Å²) in [5, 5.41) is 6.40. The van der Waals surface area contributed by atoms with Gasteiger partial charge in [-0.15, -0.1) is 0 Å². The van der Waals surface area contributed by atoms with Gasteiger partial charge in [-0.25, -0.2) is 4.98 Å². The van der Waals surface area contributed by atoms with Gasteiger partial charge in [0.2, 0.25) is 0 Å². The van der Waals surface area contributed by atoms with Gasteiger partial charge < -0.3 is 15.5 Å². The molecule has 1 aromatic heterocycles. The summed E-state index contributed by atoms with van der Waals surface area (Å²) in [7, 11) is 3.92. The summed E-state index contributed by atoms with van der Waals surface area (Å²) < 4.78 is 0. The van der Waals surface area contributed by atoms with E-state index in [1.54, 1.807) is 12.1 Å². The molecule has 2 N–H and O–H groups in total. The topological polar surface area (TPSA) is 57.3 Å². The molecule has 1 aromatic rings. The van der Waals surface area contributed by atoms with Crippen molar-refractivity contribution in [2.24, 2.45) is 0 Å². The van der Waals surface area contributed by atoms with Crippen LogP contribution in [-0.2, 0) is 0 Å². The number of hydrogen-bond acceptors (Lipinski definition) is 4. The molecular weight excluding hydrogens is 276 g/mol. The quantitative estimate of drug-likeness (QED) is 0.810. The zero-order valence-corrected chi connectivity index (χ0v) is 13.3. The van der Waals surface area contributed by atoms with Gasteiger partial charge in [-0.1, -0.05) is 18.5 Å². The molecule has 0 fully saturated rings. The van der Waals surface area contributed by atoms with E-state index in [9.17, 15) is 4.79 Å². The van der Waals surface area contributed by atoms with Crippen molar-refractivity contribution in [1.82, 2.24) is 15.2 Å². The average molecular weight is 299 g/mol. The van der Waals surface area contributed by atoms with E-state index in [2.05, 4.69) is 22.5 Å². The first kappa shape index (κ1) is 16.7. The van der Waals surface area contributed by atoms with Crippen LogP contribution in [0.4, 0.5) is 5.82 Å². The summed E-state index contributed by atoms with van der Waals surface area (Å²) in [4.78, 5) is 18.5. The first-order valence-corrected chi connectivity index (χ1v) is 7.17. The summed E-state index contributed by atoms with van der Waals surface area (Å²) in [6, 6.07) is 3.50. The Kier molecular flexibility index (Phi) is 6.75. The second-order valence-electron chi connectivity index (χ2n) is 5.09. The number of likely N-dealkylation sites (N-methyl/N-ethyl adjacent to an activating group) is 1. The number of nitrogens with zero attached hydrogens (tertiary/aromatic N) is 2. The fourth-order valence-electron chi connectivity index (χ4n) is 1.84. The molecule has 6 heteroatoms. The second kappa shape index (κ2) is 8.07. The average Bonchev–Trinajstić information content (AvgIpc) is 2.36. The van der Waals surface area contributed by atoms with Gasteiger partial charge in [-0.3, -0.25) is 4.79 Å². The van der Waals surface area contributed by atoms with Crippen molar-refractivity contribution in [3.05, 3.63) is 22.8 Å². The maximum Gasteiger partial charge on any atom is 0.271 e. The third-order valence-corrected chi connectivity index (χ3v) is 2.94. The van der Waals surface area contributed by atoms with Gasteiger partial charge >= 0.3 is 0 Å². The minimum absolute atomic E-state index is 0.0302. The summed E-state index contributed by atoms with van der Waals surface area (Å²) in [6.45, 7) is 5.59. The number of carbonyl (C=O) groups is 1. The SMILES string of the molecule is CCCNc1ccc(Cl)c(C(=O)NC(C)CN(C)C)n1. The molecule has 0 aliphatic heterocycles. The molecule has 1 unspecified atom stereocenters. The first-order chi connectivity index (χ1) is 9.43. The van der Waals surface area contributed by atoms with Crippen molar-refractivity contribution >= 4 is 23.3 Å². The lowest BCUT2D eigenvalue weighted by Crippen LogP contribution is -2.40. The highest BCUT2D eigenvalue weighted by molar-refractivity contribution is 6.33. The number of carbonyl (C=O) groups excluding carboxylic acids is 1. The van der Waals surface area contributed by atoms with Crippen LogP contribution in [0.25, 0.3) is 0 Å². The monoisotopic (exact) mass is 298 g/mol. The molecule has 0 saturated heterocycles. The maximum atomic E-state index is 12.2.